The molecule has 2 aromatic carbocycles. The minimum atomic E-state index is -0.475. The van der Waals surface area contributed by atoms with E-state index in [0.29, 0.717) is 29.1 Å². The second-order valence-corrected chi connectivity index (χ2v) is 7.46. The van der Waals surface area contributed by atoms with Crippen LogP contribution in [0.25, 0.3) is 16.9 Å². The number of nitrogens with two attached hydrogens (primary N) is 1. The minimum absolute atomic E-state index is 0.432. The number of morpholine rings is 1. The minimum Gasteiger partial charge on any atom is -0.378 e. The maximum atomic E-state index is 11.5. The van der Waals surface area contributed by atoms with Crippen molar-refractivity contribution in [1.82, 2.24) is 19.6 Å². The number of hydrogen-bond donors (Lipinski definition) is 1. The van der Waals surface area contributed by atoms with Gasteiger partial charge in [0.1, 0.15) is 5.69 Å². The lowest BCUT2D eigenvalue weighted by molar-refractivity contribution is 0.100. The van der Waals surface area contributed by atoms with Crippen LogP contribution in [0, 0.1) is 0 Å². The Labute approximate surface area is 179 Å². The van der Waals surface area contributed by atoms with Gasteiger partial charge >= 0.3 is 0 Å². The van der Waals surface area contributed by atoms with Crippen LogP contribution in [-0.2, 0) is 11.2 Å². The van der Waals surface area contributed by atoms with E-state index in [2.05, 4.69) is 39.2 Å². The van der Waals surface area contributed by atoms with Crippen LogP contribution in [0.1, 0.15) is 21.7 Å². The zero-order valence-electron chi connectivity index (χ0n) is 16.9. The van der Waals surface area contributed by atoms with Crippen LogP contribution in [-0.4, -0.2) is 51.8 Å². The van der Waals surface area contributed by atoms with Crippen molar-refractivity contribution in [3.05, 3.63) is 77.9 Å². The molecule has 156 valence electrons. The molecule has 8 heteroatoms. The molecule has 2 aromatic heterocycles. The molecule has 8 nitrogen and oxygen atoms in total. The Kier molecular flexibility index (Phi) is 5.05. The first kappa shape index (κ1) is 19.2. The number of rotatable bonds is 5. The number of primary amides is 1. The van der Waals surface area contributed by atoms with Crippen LogP contribution in [0.2, 0.25) is 0 Å². The van der Waals surface area contributed by atoms with Crippen LogP contribution in [0.15, 0.2) is 60.9 Å². The molecule has 0 bridgehead atoms. The number of aromatic nitrogens is 4. The van der Waals surface area contributed by atoms with Gasteiger partial charge in [0.05, 0.1) is 13.2 Å². The number of fused-ring (bicyclic) bond motifs is 1. The Morgan fingerprint density at radius 1 is 1.10 bits per heavy atom. The highest BCUT2D eigenvalue weighted by molar-refractivity contribution is 5.94. The van der Waals surface area contributed by atoms with E-state index in [1.807, 2.05) is 6.07 Å². The van der Waals surface area contributed by atoms with Crippen LogP contribution < -0.4 is 10.6 Å². The molecule has 0 atom stereocenters. The fourth-order valence-electron chi connectivity index (χ4n) is 3.79. The third kappa shape index (κ3) is 3.97. The van der Waals surface area contributed by atoms with Crippen LogP contribution >= 0.6 is 0 Å². The van der Waals surface area contributed by atoms with Crippen molar-refractivity contribution in [1.29, 1.82) is 0 Å². The third-order valence-electron chi connectivity index (χ3n) is 5.39. The first-order chi connectivity index (χ1) is 15.2. The first-order valence-electron chi connectivity index (χ1n) is 10.2. The van der Waals surface area contributed by atoms with Gasteiger partial charge in [-0.25, -0.2) is 9.50 Å². The Bertz CT molecular complexity index is 1230. The fraction of sp³-hybridized carbons (Fsp3) is 0.217. The standard InChI is InChI=1S/C23H22N6O2/c24-22(30)18-3-1-2-17(15-18)21-23-26-20(27-29(23)9-8-25-21)14-16-4-6-19(7-5-16)28-10-12-31-13-11-28/h1-9,15H,10-14H2,(H2,24,30). The molecule has 2 N–H and O–H groups in total. The Morgan fingerprint density at radius 3 is 2.68 bits per heavy atom. The molecule has 0 spiro atoms. The van der Waals surface area contributed by atoms with Crippen molar-refractivity contribution in [2.75, 3.05) is 31.2 Å². The molecule has 5 rings (SSSR count). The summed E-state index contributed by atoms with van der Waals surface area (Å²) in [4.78, 5) is 23.1. The summed E-state index contributed by atoms with van der Waals surface area (Å²) < 4.78 is 7.14. The van der Waals surface area contributed by atoms with E-state index in [0.717, 1.165) is 37.4 Å². The monoisotopic (exact) mass is 414 g/mol. The summed E-state index contributed by atoms with van der Waals surface area (Å²) >= 11 is 0. The van der Waals surface area contributed by atoms with Gasteiger partial charge in [-0.05, 0) is 29.8 Å². The Hall–Kier alpha value is -3.78. The highest BCUT2D eigenvalue weighted by Gasteiger charge is 2.14. The van der Waals surface area contributed by atoms with E-state index in [9.17, 15) is 4.79 Å². The van der Waals surface area contributed by atoms with Gasteiger partial charge in [-0.1, -0.05) is 24.3 Å². The number of ether oxygens (including phenoxy) is 1. The molecule has 4 aromatic rings. The van der Waals surface area contributed by atoms with Gasteiger partial charge in [-0.3, -0.25) is 9.78 Å². The predicted molar refractivity (Wildman–Crippen MR) is 117 cm³/mol. The van der Waals surface area contributed by atoms with Gasteiger partial charge in [0.25, 0.3) is 0 Å². The fourth-order valence-corrected chi connectivity index (χ4v) is 3.79. The lowest BCUT2D eigenvalue weighted by atomic mass is 10.1. The van der Waals surface area contributed by atoms with Crippen molar-refractivity contribution in [2.45, 2.75) is 6.42 Å². The second-order valence-electron chi connectivity index (χ2n) is 7.46. The summed E-state index contributed by atoms with van der Waals surface area (Å²) in [5, 5.41) is 4.61. The lowest BCUT2D eigenvalue weighted by Gasteiger charge is -2.28. The number of nitrogens with zero attached hydrogens (tertiary/aromatic N) is 5. The smallest absolute Gasteiger partial charge is 0.248 e. The summed E-state index contributed by atoms with van der Waals surface area (Å²) in [6, 6.07) is 15.6. The van der Waals surface area contributed by atoms with E-state index in [1.54, 1.807) is 35.1 Å². The summed E-state index contributed by atoms with van der Waals surface area (Å²) in [6.45, 7) is 3.37. The number of benzene rings is 2. The summed E-state index contributed by atoms with van der Waals surface area (Å²) in [7, 11) is 0. The van der Waals surface area contributed by atoms with Gasteiger partial charge < -0.3 is 15.4 Å². The normalized spacial score (nSPS) is 14.1. The van der Waals surface area contributed by atoms with Gasteiger partial charge in [-0.15, -0.1) is 0 Å². The Morgan fingerprint density at radius 2 is 1.90 bits per heavy atom. The molecule has 1 aliphatic rings. The van der Waals surface area contributed by atoms with Crippen molar-refractivity contribution < 1.29 is 9.53 Å². The van der Waals surface area contributed by atoms with Crippen molar-refractivity contribution in [3.8, 4) is 11.3 Å². The number of amides is 1. The molecule has 0 aliphatic carbocycles. The average Bonchev–Trinajstić information content (AvgIpc) is 3.22. The van der Waals surface area contributed by atoms with Gasteiger partial charge in [-0.2, -0.15) is 5.10 Å². The quantitative estimate of drug-likeness (QED) is 0.538. The maximum absolute atomic E-state index is 11.5. The Balaban J connectivity index is 1.41. The first-order valence-corrected chi connectivity index (χ1v) is 10.2. The number of hydrogen-bond acceptors (Lipinski definition) is 6. The van der Waals surface area contributed by atoms with Crippen molar-refractivity contribution in [2.24, 2.45) is 5.73 Å². The number of anilines is 1. The summed E-state index contributed by atoms with van der Waals surface area (Å²) in [5.74, 6) is 0.232. The molecule has 1 amide bonds. The highest BCUT2D eigenvalue weighted by Crippen LogP contribution is 2.23. The third-order valence-corrected chi connectivity index (χ3v) is 5.39. The van der Waals surface area contributed by atoms with E-state index in [4.69, 9.17) is 15.5 Å². The van der Waals surface area contributed by atoms with Crippen LogP contribution in [0.5, 0.6) is 0 Å². The van der Waals surface area contributed by atoms with Crippen LogP contribution in [0.3, 0.4) is 0 Å². The largest absolute Gasteiger partial charge is 0.378 e. The molecule has 1 saturated heterocycles. The molecule has 31 heavy (non-hydrogen) atoms. The van der Waals surface area contributed by atoms with E-state index in [1.165, 1.54) is 5.69 Å². The topological polar surface area (TPSA) is 98.6 Å². The number of carbonyl (C=O) groups is 1. The SMILES string of the molecule is NC(=O)c1cccc(-c2nccn3nc(Cc4ccc(N5CCOCC5)cc4)nc23)c1. The lowest BCUT2D eigenvalue weighted by Crippen LogP contribution is -2.36. The molecule has 1 fully saturated rings. The van der Waals surface area contributed by atoms with Crippen LogP contribution in [0.4, 0.5) is 5.69 Å². The zero-order valence-corrected chi connectivity index (χ0v) is 16.9. The average molecular weight is 414 g/mol. The highest BCUT2D eigenvalue weighted by atomic mass is 16.5. The van der Waals surface area contributed by atoms with Gasteiger partial charge in [0, 0.05) is 48.7 Å². The van der Waals surface area contributed by atoms with E-state index >= 15 is 0 Å². The van der Waals surface area contributed by atoms with Gasteiger partial charge in [0.2, 0.25) is 5.91 Å². The molecule has 0 unspecified atom stereocenters. The molecule has 3 heterocycles. The second kappa shape index (κ2) is 8.16. The maximum Gasteiger partial charge on any atom is 0.248 e. The van der Waals surface area contributed by atoms with E-state index in [-0.39, 0.29) is 0 Å². The summed E-state index contributed by atoms with van der Waals surface area (Å²) in [5.41, 5.74) is 10.3. The zero-order chi connectivity index (χ0) is 21.2. The molecule has 0 radical (unpaired) electrons. The molecular formula is C23H22N6O2. The van der Waals surface area contributed by atoms with Crippen molar-refractivity contribution in [3.63, 3.8) is 0 Å². The molecular weight excluding hydrogens is 392 g/mol. The summed E-state index contributed by atoms with van der Waals surface area (Å²) in [6.07, 6.45) is 4.06. The van der Waals surface area contributed by atoms with E-state index < -0.39 is 5.91 Å². The van der Waals surface area contributed by atoms with Gasteiger partial charge in [0.15, 0.2) is 11.5 Å². The molecule has 1 aliphatic heterocycles. The molecule has 0 saturated carbocycles. The van der Waals surface area contributed by atoms with Crippen molar-refractivity contribution >= 4 is 17.2 Å². The predicted octanol–water partition coefficient (Wildman–Crippen LogP) is 2.32. The number of carbonyl (C=O) groups excluding carboxylic acids is 1.